The molecule has 5 nitrogen and oxygen atoms in total. The molecule has 1 aliphatic carbocycles. The Bertz CT molecular complexity index is 1440. The number of imidazole rings is 1. The summed E-state index contributed by atoms with van der Waals surface area (Å²) in [6, 6.07) is 30.1. The van der Waals surface area contributed by atoms with Crippen LogP contribution in [0.15, 0.2) is 91.1 Å². The van der Waals surface area contributed by atoms with Crippen molar-refractivity contribution in [1.29, 1.82) is 0 Å². The standard InChI is InChI=1S/C31H31N5/c32-19-25-7-1-2-10-26(25)23-16-14-22(15-17-23)20-36(21-30-34-27-11-3-4-12-28(27)35-30)29-13-5-8-24-9-6-18-33-31(24)29/h1-4,6-7,9-12,14-18,29H,5,8,13,19-21,32H2,(H,34,35). The summed E-state index contributed by atoms with van der Waals surface area (Å²) >= 11 is 0. The van der Waals surface area contributed by atoms with Gasteiger partial charge in [0, 0.05) is 19.3 Å². The highest BCUT2D eigenvalue weighted by molar-refractivity contribution is 5.74. The van der Waals surface area contributed by atoms with E-state index >= 15 is 0 Å². The molecule has 3 aromatic carbocycles. The number of aromatic nitrogens is 3. The molecule has 0 bridgehead atoms. The maximum absolute atomic E-state index is 5.99. The molecular weight excluding hydrogens is 442 g/mol. The van der Waals surface area contributed by atoms with Gasteiger partial charge in [0.15, 0.2) is 0 Å². The van der Waals surface area contributed by atoms with E-state index in [1.807, 2.05) is 24.4 Å². The average Bonchev–Trinajstić information content (AvgIpc) is 3.35. The topological polar surface area (TPSA) is 70.8 Å². The van der Waals surface area contributed by atoms with Crippen LogP contribution in [0.3, 0.4) is 0 Å². The lowest BCUT2D eigenvalue weighted by Crippen LogP contribution is -2.31. The first-order chi connectivity index (χ1) is 17.8. The van der Waals surface area contributed by atoms with Crippen molar-refractivity contribution >= 4 is 11.0 Å². The summed E-state index contributed by atoms with van der Waals surface area (Å²) < 4.78 is 0. The zero-order valence-corrected chi connectivity index (χ0v) is 20.4. The summed E-state index contributed by atoms with van der Waals surface area (Å²) in [5.74, 6) is 0.993. The van der Waals surface area contributed by atoms with Gasteiger partial charge < -0.3 is 10.7 Å². The number of hydrogen-bond donors (Lipinski definition) is 2. The zero-order valence-electron chi connectivity index (χ0n) is 20.4. The molecule has 5 aromatic rings. The van der Waals surface area contributed by atoms with Gasteiger partial charge in [0.1, 0.15) is 5.82 Å². The second kappa shape index (κ2) is 10.1. The van der Waals surface area contributed by atoms with Gasteiger partial charge in [0.05, 0.1) is 29.3 Å². The van der Waals surface area contributed by atoms with Gasteiger partial charge >= 0.3 is 0 Å². The number of nitrogens with two attached hydrogens (primary N) is 1. The molecule has 0 radical (unpaired) electrons. The largest absolute Gasteiger partial charge is 0.341 e. The van der Waals surface area contributed by atoms with E-state index in [0.29, 0.717) is 6.54 Å². The highest BCUT2D eigenvalue weighted by Crippen LogP contribution is 2.35. The van der Waals surface area contributed by atoms with E-state index in [4.69, 9.17) is 15.7 Å². The second-order valence-corrected chi connectivity index (χ2v) is 9.62. The Morgan fingerprint density at radius 2 is 1.72 bits per heavy atom. The summed E-state index contributed by atoms with van der Waals surface area (Å²) in [4.78, 5) is 15.8. The van der Waals surface area contributed by atoms with E-state index < -0.39 is 0 Å². The lowest BCUT2D eigenvalue weighted by atomic mass is 9.90. The first kappa shape index (κ1) is 22.7. The van der Waals surface area contributed by atoms with Gasteiger partial charge in [0.25, 0.3) is 0 Å². The highest BCUT2D eigenvalue weighted by atomic mass is 15.2. The fraction of sp³-hybridized carbons (Fsp3) is 0.226. The minimum Gasteiger partial charge on any atom is -0.341 e. The molecule has 5 heteroatoms. The number of nitrogens with one attached hydrogen (secondary N) is 1. The number of aryl methyl sites for hydroxylation is 1. The fourth-order valence-corrected chi connectivity index (χ4v) is 5.49. The number of H-pyrrole nitrogens is 1. The second-order valence-electron chi connectivity index (χ2n) is 9.62. The fourth-order valence-electron chi connectivity index (χ4n) is 5.49. The van der Waals surface area contributed by atoms with Gasteiger partial charge in [-0.25, -0.2) is 4.98 Å². The number of benzene rings is 3. The van der Waals surface area contributed by atoms with Gasteiger partial charge in [-0.05, 0) is 65.3 Å². The SMILES string of the molecule is NCc1ccccc1-c1ccc(CN(Cc2nc3ccccc3[nH]2)C2CCCc3cccnc32)cc1. The molecule has 1 unspecified atom stereocenters. The maximum atomic E-state index is 5.99. The minimum absolute atomic E-state index is 0.265. The monoisotopic (exact) mass is 473 g/mol. The van der Waals surface area contributed by atoms with Gasteiger partial charge in [0.2, 0.25) is 0 Å². The summed E-state index contributed by atoms with van der Waals surface area (Å²) in [5, 5.41) is 0. The Balaban J connectivity index is 1.31. The number of para-hydroxylation sites is 2. The normalized spacial score (nSPS) is 15.3. The van der Waals surface area contributed by atoms with Crippen molar-refractivity contribution in [3.63, 3.8) is 0 Å². The van der Waals surface area contributed by atoms with Crippen LogP contribution in [0.25, 0.3) is 22.2 Å². The molecule has 0 fully saturated rings. The molecular formula is C31H31N5. The van der Waals surface area contributed by atoms with Crippen molar-refractivity contribution in [1.82, 2.24) is 19.9 Å². The number of fused-ring (bicyclic) bond motifs is 2. The Morgan fingerprint density at radius 1 is 0.889 bits per heavy atom. The van der Waals surface area contributed by atoms with E-state index in [2.05, 4.69) is 76.6 Å². The Morgan fingerprint density at radius 3 is 2.58 bits per heavy atom. The molecule has 2 aromatic heterocycles. The van der Waals surface area contributed by atoms with E-state index in [0.717, 1.165) is 42.8 Å². The average molecular weight is 474 g/mol. The van der Waals surface area contributed by atoms with Gasteiger partial charge in [-0.3, -0.25) is 9.88 Å². The third-order valence-corrected chi connectivity index (χ3v) is 7.29. The molecule has 3 N–H and O–H groups in total. The number of nitrogens with zero attached hydrogens (tertiary/aromatic N) is 3. The Kier molecular flexibility index (Phi) is 6.33. The van der Waals surface area contributed by atoms with Crippen molar-refractivity contribution < 1.29 is 0 Å². The third kappa shape index (κ3) is 4.55. The molecule has 0 spiro atoms. The minimum atomic E-state index is 0.265. The molecule has 1 aliphatic rings. The predicted molar refractivity (Wildman–Crippen MR) is 145 cm³/mol. The van der Waals surface area contributed by atoms with Crippen LogP contribution in [0.2, 0.25) is 0 Å². The smallest absolute Gasteiger partial charge is 0.121 e. The van der Waals surface area contributed by atoms with Crippen LogP contribution in [0.5, 0.6) is 0 Å². The van der Waals surface area contributed by atoms with Gasteiger partial charge in [-0.1, -0.05) is 66.7 Å². The number of pyridine rings is 1. The maximum Gasteiger partial charge on any atom is 0.121 e. The van der Waals surface area contributed by atoms with Crippen LogP contribution < -0.4 is 5.73 Å². The molecule has 0 amide bonds. The van der Waals surface area contributed by atoms with Crippen molar-refractivity contribution in [2.75, 3.05) is 0 Å². The van der Waals surface area contributed by atoms with Crippen molar-refractivity contribution in [3.8, 4) is 11.1 Å². The summed E-state index contributed by atoms with van der Waals surface area (Å²) in [7, 11) is 0. The molecule has 6 rings (SSSR count). The molecule has 0 saturated carbocycles. The van der Waals surface area contributed by atoms with Crippen molar-refractivity contribution in [2.45, 2.75) is 44.9 Å². The molecule has 2 heterocycles. The van der Waals surface area contributed by atoms with Crippen LogP contribution in [0.4, 0.5) is 0 Å². The quantitative estimate of drug-likeness (QED) is 0.297. The lowest BCUT2D eigenvalue weighted by Gasteiger charge is -2.34. The van der Waals surface area contributed by atoms with Crippen LogP contribution >= 0.6 is 0 Å². The molecule has 1 atom stereocenters. The zero-order chi connectivity index (χ0) is 24.3. The Hall–Kier alpha value is -3.80. The molecule has 0 saturated heterocycles. The van der Waals surface area contributed by atoms with E-state index in [9.17, 15) is 0 Å². The number of rotatable bonds is 7. The summed E-state index contributed by atoms with van der Waals surface area (Å²) in [6.45, 7) is 2.11. The number of hydrogen-bond acceptors (Lipinski definition) is 4. The van der Waals surface area contributed by atoms with Crippen molar-refractivity contribution in [3.05, 3.63) is 119 Å². The summed E-state index contributed by atoms with van der Waals surface area (Å²) in [5.41, 5.74) is 15.5. The van der Waals surface area contributed by atoms with Crippen molar-refractivity contribution in [2.24, 2.45) is 5.73 Å². The van der Waals surface area contributed by atoms with Gasteiger partial charge in [-0.15, -0.1) is 0 Å². The van der Waals surface area contributed by atoms with Crippen LogP contribution in [-0.4, -0.2) is 19.9 Å². The first-order valence-electron chi connectivity index (χ1n) is 12.8. The van der Waals surface area contributed by atoms with E-state index in [1.165, 1.54) is 39.9 Å². The molecule has 180 valence electrons. The van der Waals surface area contributed by atoms with Crippen LogP contribution in [0.1, 0.15) is 47.1 Å². The third-order valence-electron chi connectivity index (χ3n) is 7.29. The van der Waals surface area contributed by atoms with E-state index in [-0.39, 0.29) is 6.04 Å². The van der Waals surface area contributed by atoms with Crippen LogP contribution in [0, 0.1) is 0 Å². The number of aromatic amines is 1. The van der Waals surface area contributed by atoms with Gasteiger partial charge in [-0.2, -0.15) is 0 Å². The summed E-state index contributed by atoms with van der Waals surface area (Å²) in [6.07, 6.45) is 5.31. The predicted octanol–water partition coefficient (Wildman–Crippen LogP) is 6.16. The lowest BCUT2D eigenvalue weighted by molar-refractivity contribution is 0.153. The Labute approximate surface area is 212 Å². The highest BCUT2D eigenvalue weighted by Gasteiger charge is 2.28. The van der Waals surface area contributed by atoms with Crippen LogP contribution in [-0.2, 0) is 26.1 Å². The first-order valence-corrected chi connectivity index (χ1v) is 12.8. The van der Waals surface area contributed by atoms with E-state index in [1.54, 1.807) is 0 Å². The molecule has 0 aliphatic heterocycles. The molecule has 36 heavy (non-hydrogen) atoms.